The lowest BCUT2D eigenvalue weighted by molar-refractivity contribution is -0.128. The maximum absolute atomic E-state index is 10.9. The molecule has 1 aliphatic rings. The van der Waals surface area contributed by atoms with E-state index in [4.69, 9.17) is 5.11 Å². The zero-order valence-corrected chi connectivity index (χ0v) is 7.34. The van der Waals surface area contributed by atoms with Crippen molar-refractivity contribution in [1.82, 2.24) is 10.6 Å². The van der Waals surface area contributed by atoms with Crippen LogP contribution in [-0.4, -0.2) is 36.2 Å². The molecule has 4 heteroatoms. The first-order valence-electron chi connectivity index (χ1n) is 4.39. The average molecular weight is 172 g/mol. The monoisotopic (exact) mass is 172 g/mol. The second kappa shape index (κ2) is 4.42. The highest BCUT2D eigenvalue weighted by atomic mass is 16.3. The Kier molecular flexibility index (Phi) is 3.49. The van der Waals surface area contributed by atoms with Crippen molar-refractivity contribution in [2.24, 2.45) is 0 Å². The standard InChI is InChI=1S/C8H16N2O2/c1-6(11)8(12)10-5-7-3-2-4-9-7/h6-7,9,11H,2-5H2,1H3,(H,10,12)/t6-,7?/m1/s1. The third-order valence-electron chi connectivity index (χ3n) is 2.06. The van der Waals surface area contributed by atoms with Gasteiger partial charge in [-0.1, -0.05) is 0 Å². The van der Waals surface area contributed by atoms with E-state index in [1.807, 2.05) is 0 Å². The Morgan fingerprint density at radius 1 is 1.83 bits per heavy atom. The number of carbonyl (C=O) groups excluding carboxylic acids is 1. The van der Waals surface area contributed by atoms with Crippen molar-refractivity contribution in [3.63, 3.8) is 0 Å². The molecule has 0 saturated carbocycles. The van der Waals surface area contributed by atoms with Crippen molar-refractivity contribution in [1.29, 1.82) is 0 Å². The van der Waals surface area contributed by atoms with Crippen molar-refractivity contribution in [3.05, 3.63) is 0 Å². The lowest BCUT2D eigenvalue weighted by atomic mass is 10.2. The Labute approximate surface area is 72.3 Å². The summed E-state index contributed by atoms with van der Waals surface area (Å²) < 4.78 is 0. The number of amides is 1. The van der Waals surface area contributed by atoms with Gasteiger partial charge in [-0.15, -0.1) is 0 Å². The fourth-order valence-corrected chi connectivity index (χ4v) is 1.30. The molecular formula is C8H16N2O2. The predicted molar refractivity (Wildman–Crippen MR) is 45.7 cm³/mol. The van der Waals surface area contributed by atoms with Gasteiger partial charge in [-0.25, -0.2) is 0 Å². The van der Waals surface area contributed by atoms with Crippen LogP contribution in [0.3, 0.4) is 0 Å². The first kappa shape index (κ1) is 9.48. The van der Waals surface area contributed by atoms with Crippen LogP contribution in [0.1, 0.15) is 19.8 Å². The number of carbonyl (C=O) groups is 1. The van der Waals surface area contributed by atoms with E-state index in [1.165, 1.54) is 13.3 Å². The Morgan fingerprint density at radius 2 is 2.58 bits per heavy atom. The average Bonchev–Trinajstić information content (AvgIpc) is 2.51. The molecule has 0 aliphatic carbocycles. The topological polar surface area (TPSA) is 61.4 Å². The number of hydrogen-bond acceptors (Lipinski definition) is 3. The maximum atomic E-state index is 10.9. The normalized spacial score (nSPS) is 25.3. The van der Waals surface area contributed by atoms with Crippen molar-refractivity contribution >= 4 is 5.91 Å². The van der Waals surface area contributed by atoms with Gasteiger partial charge in [0, 0.05) is 12.6 Å². The smallest absolute Gasteiger partial charge is 0.248 e. The summed E-state index contributed by atoms with van der Waals surface area (Å²) in [5.41, 5.74) is 0. The van der Waals surface area contributed by atoms with Gasteiger partial charge < -0.3 is 15.7 Å². The van der Waals surface area contributed by atoms with E-state index in [1.54, 1.807) is 0 Å². The Morgan fingerprint density at radius 3 is 3.08 bits per heavy atom. The quantitative estimate of drug-likeness (QED) is 0.524. The van der Waals surface area contributed by atoms with Gasteiger partial charge in [0.15, 0.2) is 0 Å². The fraction of sp³-hybridized carbons (Fsp3) is 0.875. The van der Waals surface area contributed by atoms with Crippen LogP contribution in [0, 0.1) is 0 Å². The second-order valence-corrected chi connectivity index (χ2v) is 3.21. The van der Waals surface area contributed by atoms with E-state index in [9.17, 15) is 4.79 Å². The molecule has 1 rings (SSSR count). The van der Waals surface area contributed by atoms with Gasteiger partial charge in [-0.2, -0.15) is 0 Å². The molecule has 1 heterocycles. The molecule has 0 aromatic carbocycles. The van der Waals surface area contributed by atoms with Crippen molar-refractivity contribution in [2.75, 3.05) is 13.1 Å². The van der Waals surface area contributed by atoms with E-state index in [-0.39, 0.29) is 5.91 Å². The molecule has 3 N–H and O–H groups in total. The molecule has 0 spiro atoms. The highest BCUT2D eigenvalue weighted by Crippen LogP contribution is 2.02. The third kappa shape index (κ3) is 2.79. The molecule has 2 atom stereocenters. The molecule has 1 amide bonds. The van der Waals surface area contributed by atoms with Gasteiger partial charge >= 0.3 is 0 Å². The summed E-state index contributed by atoms with van der Waals surface area (Å²) in [6.07, 6.45) is 1.39. The number of aliphatic hydroxyl groups excluding tert-OH is 1. The summed E-state index contributed by atoms with van der Waals surface area (Å²) in [5, 5.41) is 14.8. The van der Waals surface area contributed by atoms with Gasteiger partial charge in [-0.3, -0.25) is 4.79 Å². The second-order valence-electron chi connectivity index (χ2n) is 3.21. The first-order chi connectivity index (χ1) is 5.70. The van der Waals surface area contributed by atoms with E-state index >= 15 is 0 Å². The summed E-state index contributed by atoms with van der Waals surface area (Å²) in [4.78, 5) is 10.9. The minimum Gasteiger partial charge on any atom is -0.384 e. The lowest BCUT2D eigenvalue weighted by Crippen LogP contribution is -2.40. The predicted octanol–water partition coefficient (Wildman–Crippen LogP) is -0.765. The zero-order chi connectivity index (χ0) is 8.97. The van der Waals surface area contributed by atoms with Crippen molar-refractivity contribution < 1.29 is 9.90 Å². The van der Waals surface area contributed by atoms with Crippen LogP contribution in [-0.2, 0) is 4.79 Å². The molecule has 0 bridgehead atoms. The van der Waals surface area contributed by atoms with Crippen LogP contribution in [0.15, 0.2) is 0 Å². The molecule has 1 fully saturated rings. The SMILES string of the molecule is C[C@@H](O)C(=O)NCC1CCCN1. The van der Waals surface area contributed by atoms with Gasteiger partial charge in [0.05, 0.1) is 0 Å². The molecule has 12 heavy (non-hydrogen) atoms. The number of rotatable bonds is 3. The number of aliphatic hydroxyl groups is 1. The number of nitrogens with one attached hydrogen (secondary N) is 2. The molecule has 1 saturated heterocycles. The van der Waals surface area contributed by atoms with Crippen LogP contribution in [0.2, 0.25) is 0 Å². The van der Waals surface area contributed by atoms with Crippen molar-refractivity contribution in [3.8, 4) is 0 Å². The minimum atomic E-state index is -0.897. The lowest BCUT2D eigenvalue weighted by Gasteiger charge is -2.12. The van der Waals surface area contributed by atoms with E-state index < -0.39 is 6.10 Å². The van der Waals surface area contributed by atoms with Crippen LogP contribution >= 0.6 is 0 Å². The highest BCUT2D eigenvalue weighted by Gasteiger charge is 2.15. The van der Waals surface area contributed by atoms with Crippen LogP contribution in [0.25, 0.3) is 0 Å². The first-order valence-corrected chi connectivity index (χ1v) is 4.39. The van der Waals surface area contributed by atoms with Gasteiger partial charge in [-0.05, 0) is 26.3 Å². The Bertz CT molecular complexity index is 153. The Hall–Kier alpha value is -0.610. The van der Waals surface area contributed by atoms with Gasteiger partial charge in [0.1, 0.15) is 6.10 Å². The summed E-state index contributed by atoms with van der Waals surface area (Å²) in [6, 6.07) is 0.396. The van der Waals surface area contributed by atoms with Gasteiger partial charge in [0.2, 0.25) is 5.91 Å². The van der Waals surface area contributed by atoms with Crippen LogP contribution in [0.4, 0.5) is 0 Å². The molecule has 0 radical (unpaired) electrons. The molecule has 4 nitrogen and oxygen atoms in total. The summed E-state index contributed by atoms with van der Waals surface area (Å²) >= 11 is 0. The molecule has 70 valence electrons. The molecule has 0 aromatic heterocycles. The molecule has 1 aliphatic heterocycles. The van der Waals surface area contributed by atoms with E-state index in [0.717, 1.165) is 13.0 Å². The number of hydrogen-bond donors (Lipinski definition) is 3. The summed E-state index contributed by atoms with van der Waals surface area (Å²) in [5.74, 6) is -0.288. The van der Waals surface area contributed by atoms with Crippen LogP contribution < -0.4 is 10.6 Å². The van der Waals surface area contributed by atoms with Crippen molar-refractivity contribution in [2.45, 2.75) is 31.9 Å². The third-order valence-corrected chi connectivity index (χ3v) is 2.06. The highest BCUT2D eigenvalue weighted by molar-refractivity contribution is 5.79. The molecule has 0 aromatic rings. The van der Waals surface area contributed by atoms with E-state index in [0.29, 0.717) is 12.6 Å². The summed E-state index contributed by atoms with van der Waals surface area (Å²) in [6.45, 7) is 3.14. The zero-order valence-electron chi connectivity index (χ0n) is 7.34. The molecule has 1 unspecified atom stereocenters. The largest absolute Gasteiger partial charge is 0.384 e. The summed E-state index contributed by atoms with van der Waals surface area (Å²) in [7, 11) is 0. The molecular weight excluding hydrogens is 156 g/mol. The van der Waals surface area contributed by atoms with E-state index in [2.05, 4.69) is 10.6 Å². The van der Waals surface area contributed by atoms with Gasteiger partial charge in [0.25, 0.3) is 0 Å². The Balaban J connectivity index is 2.12. The fourth-order valence-electron chi connectivity index (χ4n) is 1.30. The maximum Gasteiger partial charge on any atom is 0.248 e. The minimum absolute atomic E-state index is 0.288. The van der Waals surface area contributed by atoms with Crippen LogP contribution in [0.5, 0.6) is 0 Å².